The smallest absolute Gasteiger partial charge is 0.259 e. The van der Waals surface area contributed by atoms with Gasteiger partial charge in [0.05, 0.1) is 24.9 Å². The fourth-order valence-electron chi connectivity index (χ4n) is 2.94. The van der Waals surface area contributed by atoms with Gasteiger partial charge < -0.3 is 14.6 Å². The zero-order chi connectivity index (χ0) is 20.2. The number of ether oxygens (including phenoxy) is 1. The predicted molar refractivity (Wildman–Crippen MR) is 109 cm³/mol. The highest BCUT2D eigenvalue weighted by Crippen LogP contribution is 2.22. The van der Waals surface area contributed by atoms with E-state index in [-0.39, 0.29) is 6.04 Å². The highest BCUT2D eigenvalue weighted by atomic mass is 16.5. The Morgan fingerprint density at radius 1 is 1.14 bits per heavy atom. The zero-order valence-electron chi connectivity index (χ0n) is 16.5. The molecular weight excluding hydrogens is 368 g/mol. The molecule has 0 unspecified atom stereocenters. The van der Waals surface area contributed by atoms with Crippen LogP contribution in [-0.4, -0.2) is 32.0 Å². The van der Waals surface area contributed by atoms with Crippen molar-refractivity contribution in [3.63, 3.8) is 0 Å². The van der Waals surface area contributed by atoms with Crippen LogP contribution in [0.4, 0.5) is 5.82 Å². The van der Waals surface area contributed by atoms with Crippen molar-refractivity contribution >= 4 is 5.82 Å². The molecule has 1 aromatic carbocycles. The highest BCUT2D eigenvalue weighted by molar-refractivity contribution is 5.54. The summed E-state index contributed by atoms with van der Waals surface area (Å²) in [7, 11) is 3.55. The number of rotatable bonds is 7. The Labute approximate surface area is 168 Å². The van der Waals surface area contributed by atoms with Crippen molar-refractivity contribution in [1.29, 1.82) is 0 Å². The summed E-state index contributed by atoms with van der Waals surface area (Å²) in [5.74, 6) is 2.66. The first-order valence-corrected chi connectivity index (χ1v) is 9.28. The number of aryl methyl sites for hydroxylation is 1. The van der Waals surface area contributed by atoms with E-state index in [0.29, 0.717) is 18.1 Å². The molecule has 0 radical (unpaired) electrons. The standard InChI is InChI=1S/C21H22N6O2/c1-14(17-12-23-27(2)13-17)24-19-9-6-16(11-22-19)21-25-20(26-29-21)10-15-4-7-18(28-3)8-5-15/h4-9,11-14H,10H2,1-3H3,(H,22,24)/t14-/m1/s1. The number of pyridine rings is 1. The Balaban J connectivity index is 1.41. The number of hydrogen-bond donors (Lipinski definition) is 1. The second kappa shape index (κ2) is 8.14. The van der Waals surface area contributed by atoms with Gasteiger partial charge in [0.15, 0.2) is 5.82 Å². The van der Waals surface area contributed by atoms with E-state index in [9.17, 15) is 0 Å². The lowest BCUT2D eigenvalue weighted by atomic mass is 10.1. The van der Waals surface area contributed by atoms with E-state index in [1.165, 1.54) is 0 Å². The Kier molecular flexibility index (Phi) is 5.24. The highest BCUT2D eigenvalue weighted by Gasteiger charge is 2.12. The van der Waals surface area contributed by atoms with Crippen LogP contribution < -0.4 is 10.1 Å². The summed E-state index contributed by atoms with van der Waals surface area (Å²) in [5.41, 5.74) is 2.96. The van der Waals surface area contributed by atoms with Crippen LogP contribution in [0.3, 0.4) is 0 Å². The molecule has 0 aliphatic carbocycles. The maximum atomic E-state index is 5.40. The molecule has 0 aliphatic rings. The van der Waals surface area contributed by atoms with Crippen LogP contribution in [0.5, 0.6) is 5.75 Å². The average Bonchev–Trinajstić information content (AvgIpc) is 3.38. The maximum Gasteiger partial charge on any atom is 0.259 e. The van der Waals surface area contributed by atoms with Gasteiger partial charge in [-0.2, -0.15) is 10.1 Å². The summed E-state index contributed by atoms with van der Waals surface area (Å²) in [6.07, 6.45) is 6.13. The minimum atomic E-state index is 0.0987. The fourth-order valence-corrected chi connectivity index (χ4v) is 2.94. The SMILES string of the molecule is COc1ccc(Cc2noc(-c3ccc(N[C@H](C)c4cnn(C)c4)nc3)n2)cc1. The van der Waals surface area contributed by atoms with Crippen molar-refractivity contribution < 1.29 is 9.26 Å². The minimum absolute atomic E-state index is 0.0987. The molecule has 29 heavy (non-hydrogen) atoms. The van der Waals surface area contributed by atoms with Crippen molar-refractivity contribution in [2.45, 2.75) is 19.4 Å². The van der Waals surface area contributed by atoms with Gasteiger partial charge in [-0.3, -0.25) is 4.68 Å². The van der Waals surface area contributed by atoms with E-state index in [0.717, 1.165) is 28.3 Å². The second-order valence-corrected chi connectivity index (χ2v) is 6.79. The van der Waals surface area contributed by atoms with E-state index in [1.54, 1.807) is 18.0 Å². The maximum absolute atomic E-state index is 5.40. The van der Waals surface area contributed by atoms with Crippen LogP contribution in [0.15, 0.2) is 59.5 Å². The Morgan fingerprint density at radius 2 is 1.97 bits per heavy atom. The average molecular weight is 390 g/mol. The molecule has 0 saturated heterocycles. The van der Waals surface area contributed by atoms with Crippen molar-refractivity contribution in [1.82, 2.24) is 24.9 Å². The molecule has 8 nitrogen and oxygen atoms in total. The number of nitrogens with zero attached hydrogens (tertiary/aromatic N) is 5. The monoisotopic (exact) mass is 390 g/mol. The predicted octanol–water partition coefficient (Wildman–Crippen LogP) is 3.64. The van der Waals surface area contributed by atoms with Crippen molar-refractivity contribution in [3.8, 4) is 17.2 Å². The first kappa shape index (κ1) is 18.7. The van der Waals surface area contributed by atoms with Gasteiger partial charge in [-0.15, -0.1) is 0 Å². The molecule has 0 aliphatic heterocycles. The van der Waals surface area contributed by atoms with Gasteiger partial charge in [-0.25, -0.2) is 4.98 Å². The Bertz CT molecular complexity index is 1070. The number of anilines is 1. The normalized spacial score (nSPS) is 12.0. The van der Waals surface area contributed by atoms with Crippen molar-refractivity contribution in [3.05, 3.63) is 71.9 Å². The number of aromatic nitrogens is 5. The lowest BCUT2D eigenvalue weighted by Crippen LogP contribution is -2.07. The largest absolute Gasteiger partial charge is 0.497 e. The molecule has 4 rings (SSSR count). The summed E-state index contributed by atoms with van der Waals surface area (Å²) in [6.45, 7) is 2.07. The van der Waals surface area contributed by atoms with E-state index in [1.807, 2.05) is 55.8 Å². The fraction of sp³-hybridized carbons (Fsp3) is 0.238. The molecule has 1 N–H and O–H groups in total. The van der Waals surface area contributed by atoms with E-state index in [2.05, 4.69) is 32.5 Å². The lowest BCUT2D eigenvalue weighted by molar-refractivity contribution is 0.414. The molecule has 0 fully saturated rings. The molecular formula is C21H22N6O2. The summed E-state index contributed by atoms with van der Waals surface area (Å²) < 4.78 is 12.4. The third kappa shape index (κ3) is 4.43. The first-order valence-electron chi connectivity index (χ1n) is 9.28. The summed E-state index contributed by atoms with van der Waals surface area (Å²) in [5, 5.41) is 11.6. The number of hydrogen-bond acceptors (Lipinski definition) is 7. The van der Waals surface area contributed by atoms with E-state index < -0.39 is 0 Å². The second-order valence-electron chi connectivity index (χ2n) is 6.79. The Morgan fingerprint density at radius 3 is 2.62 bits per heavy atom. The number of methoxy groups -OCH3 is 1. The van der Waals surface area contributed by atoms with Crippen LogP contribution in [-0.2, 0) is 13.5 Å². The number of benzene rings is 1. The molecule has 1 atom stereocenters. The third-order valence-electron chi connectivity index (χ3n) is 4.59. The molecule has 0 amide bonds. The first-order chi connectivity index (χ1) is 14.1. The van der Waals surface area contributed by atoms with Crippen LogP contribution in [0, 0.1) is 0 Å². The summed E-state index contributed by atoms with van der Waals surface area (Å²) in [4.78, 5) is 8.94. The van der Waals surface area contributed by atoms with Crippen LogP contribution in [0.1, 0.15) is 29.9 Å². The van der Waals surface area contributed by atoms with Gasteiger partial charge in [0, 0.05) is 31.4 Å². The summed E-state index contributed by atoms with van der Waals surface area (Å²) in [6, 6.07) is 11.7. The van der Waals surface area contributed by atoms with E-state index >= 15 is 0 Å². The van der Waals surface area contributed by atoms with Gasteiger partial charge in [0.25, 0.3) is 5.89 Å². The Hall–Kier alpha value is -3.68. The molecule has 0 spiro atoms. The molecule has 148 valence electrons. The van der Waals surface area contributed by atoms with Crippen molar-refractivity contribution in [2.24, 2.45) is 7.05 Å². The molecule has 4 aromatic rings. The third-order valence-corrected chi connectivity index (χ3v) is 4.59. The van der Waals surface area contributed by atoms with Gasteiger partial charge in [0.1, 0.15) is 11.6 Å². The molecule has 8 heteroatoms. The van der Waals surface area contributed by atoms with Crippen LogP contribution in [0.2, 0.25) is 0 Å². The molecule has 3 heterocycles. The molecule has 0 bridgehead atoms. The topological polar surface area (TPSA) is 90.9 Å². The minimum Gasteiger partial charge on any atom is -0.497 e. The van der Waals surface area contributed by atoms with Gasteiger partial charge in [-0.1, -0.05) is 17.3 Å². The van der Waals surface area contributed by atoms with Gasteiger partial charge in [0.2, 0.25) is 0 Å². The molecule has 0 saturated carbocycles. The molecule has 3 aromatic heterocycles. The summed E-state index contributed by atoms with van der Waals surface area (Å²) >= 11 is 0. The van der Waals surface area contributed by atoms with E-state index in [4.69, 9.17) is 9.26 Å². The quantitative estimate of drug-likeness (QED) is 0.515. The van der Waals surface area contributed by atoms with Gasteiger partial charge >= 0.3 is 0 Å². The van der Waals surface area contributed by atoms with Crippen molar-refractivity contribution in [2.75, 3.05) is 12.4 Å². The zero-order valence-corrected chi connectivity index (χ0v) is 16.5. The number of nitrogens with one attached hydrogen (secondary N) is 1. The van der Waals surface area contributed by atoms with Crippen LogP contribution in [0.25, 0.3) is 11.5 Å². The van der Waals surface area contributed by atoms with Crippen LogP contribution >= 0.6 is 0 Å². The lowest BCUT2D eigenvalue weighted by Gasteiger charge is -2.12. The van der Waals surface area contributed by atoms with Gasteiger partial charge in [-0.05, 0) is 36.8 Å².